The summed E-state index contributed by atoms with van der Waals surface area (Å²) in [6.07, 6.45) is 0. The topological polar surface area (TPSA) is 120 Å². The van der Waals surface area contributed by atoms with E-state index in [-0.39, 0.29) is 31.4 Å². The first-order valence-electron chi connectivity index (χ1n) is 4.45. The molecule has 0 spiro atoms. The fraction of sp³-hybridized carbons (Fsp3) is 0.375. The summed E-state index contributed by atoms with van der Waals surface area (Å²) in [5.74, 6) is -0.866. The summed E-state index contributed by atoms with van der Waals surface area (Å²) < 4.78 is 4.85. The maximum Gasteiger partial charge on any atom is 0.270 e. The van der Waals surface area contributed by atoms with Crippen LogP contribution in [0.25, 0.3) is 0 Å². The third kappa shape index (κ3) is 4.24. The highest BCUT2D eigenvalue weighted by molar-refractivity contribution is 7.13. The molecule has 8 heteroatoms. The number of nitrogens with one attached hydrogen (secondary N) is 1. The number of nitrogen functional groups attached to an aromatic ring is 1. The average Bonchev–Trinajstić information content (AvgIpc) is 2.63. The van der Waals surface area contributed by atoms with E-state index in [4.69, 9.17) is 16.2 Å². The lowest BCUT2D eigenvalue weighted by Gasteiger charge is -2.03. The summed E-state index contributed by atoms with van der Waals surface area (Å²) in [4.78, 5) is 25.5. The number of hydrogen-bond donors (Lipinski definition) is 3. The van der Waals surface area contributed by atoms with Crippen LogP contribution in [0.3, 0.4) is 0 Å². The van der Waals surface area contributed by atoms with Crippen molar-refractivity contribution in [2.45, 2.75) is 0 Å². The van der Waals surface area contributed by atoms with Crippen molar-refractivity contribution >= 4 is 28.3 Å². The molecule has 0 radical (unpaired) electrons. The maximum atomic E-state index is 11.4. The second-order valence-corrected chi connectivity index (χ2v) is 3.74. The van der Waals surface area contributed by atoms with Crippen LogP contribution < -0.4 is 16.8 Å². The smallest absolute Gasteiger partial charge is 0.270 e. The molecule has 16 heavy (non-hydrogen) atoms. The molecule has 1 rings (SSSR count). The highest BCUT2D eigenvalue weighted by Crippen LogP contribution is 2.10. The number of aromatic nitrogens is 1. The number of carbonyl (C=O) groups is 2. The molecule has 7 nitrogen and oxygen atoms in total. The summed E-state index contributed by atoms with van der Waals surface area (Å²) in [7, 11) is 0. The Labute approximate surface area is 95.8 Å². The summed E-state index contributed by atoms with van der Waals surface area (Å²) in [5, 5.41) is 4.47. The minimum atomic E-state index is -0.543. The largest absolute Gasteiger partial charge is 0.375 e. The van der Waals surface area contributed by atoms with Gasteiger partial charge in [-0.2, -0.15) is 0 Å². The molecule has 5 N–H and O–H groups in total. The van der Waals surface area contributed by atoms with Crippen molar-refractivity contribution in [3.8, 4) is 0 Å². The van der Waals surface area contributed by atoms with Crippen molar-refractivity contribution in [3.05, 3.63) is 11.1 Å². The Morgan fingerprint density at radius 1 is 1.56 bits per heavy atom. The Morgan fingerprint density at radius 2 is 2.31 bits per heavy atom. The van der Waals surface area contributed by atoms with Crippen LogP contribution in [0.1, 0.15) is 10.5 Å². The molecule has 88 valence electrons. The van der Waals surface area contributed by atoms with Gasteiger partial charge in [-0.3, -0.25) is 9.59 Å². The molecule has 0 bridgehead atoms. The van der Waals surface area contributed by atoms with Gasteiger partial charge in [-0.15, -0.1) is 11.3 Å². The van der Waals surface area contributed by atoms with E-state index in [2.05, 4.69) is 10.3 Å². The Kier molecular flexibility index (Phi) is 4.67. The molecule has 0 saturated carbocycles. The molecule has 0 saturated heterocycles. The van der Waals surface area contributed by atoms with Crippen LogP contribution in [0.5, 0.6) is 0 Å². The maximum absolute atomic E-state index is 11.4. The highest BCUT2D eigenvalue weighted by atomic mass is 32.1. The number of hydrogen-bond acceptors (Lipinski definition) is 6. The lowest BCUT2D eigenvalue weighted by molar-refractivity contribution is -0.122. The van der Waals surface area contributed by atoms with E-state index in [9.17, 15) is 9.59 Å². The molecule has 1 heterocycles. The second-order valence-electron chi connectivity index (χ2n) is 2.85. The first kappa shape index (κ1) is 12.4. The summed E-state index contributed by atoms with van der Waals surface area (Å²) in [6.45, 7) is 0.345. The minimum Gasteiger partial charge on any atom is -0.375 e. The van der Waals surface area contributed by atoms with E-state index in [1.165, 1.54) is 11.3 Å². The van der Waals surface area contributed by atoms with Crippen molar-refractivity contribution in [2.75, 3.05) is 25.5 Å². The molecular formula is C8H12N4O3S. The Bertz CT molecular complexity index is 379. The van der Waals surface area contributed by atoms with Crippen LogP contribution in [-0.4, -0.2) is 36.6 Å². The zero-order valence-corrected chi connectivity index (χ0v) is 9.25. The fourth-order valence-electron chi connectivity index (χ4n) is 0.892. The SMILES string of the molecule is NC(=O)COCCNC(=O)c1csc(N)n1. The van der Waals surface area contributed by atoms with Gasteiger partial charge in [0.15, 0.2) is 5.13 Å². The van der Waals surface area contributed by atoms with Gasteiger partial charge in [-0.25, -0.2) is 4.98 Å². The van der Waals surface area contributed by atoms with E-state index >= 15 is 0 Å². The number of thiazole rings is 1. The second kappa shape index (κ2) is 6.03. The zero-order chi connectivity index (χ0) is 12.0. The molecular weight excluding hydrogens is 232 g/mol. The van der Waals surface area contributed by atoms with E-state index in [1.807, 2.05) is 0 Å². The Balaban J connectivity index is 2.18. The molecule has 0 aliphatic carbocycles. The monoisotopic (exact) mass is 244 g/mol. The van der Waals surface area contributed by atoms with Gasteiger partial charge in [0.05, 0.1) is 6.61 Å². The number of nitrogens with zero attached hydrogens (tertiary/aromatic N) is 1. The normalized spacial score (nSPS) is 10.0. The van der Waals surface area contributed by atoms with Crippen LogP contribution in [0.15, 0.2) is 5.38 Å². The van der Waals surface area contributed by atoms with E-state index in [0.29, 0.717) is 5.13 Å². The van der Waals surface area contributed by atoms with Gasteiger partial charge in [0.25, 0.3) is 5.91 Å². The van der Waals surface area contributed by atoms with Gasteiger partial charge in [-0.1, -0.05) is 0 Å². The number of carbonyl (C=O) groups excluding carboxylic acids is 2. The molecule has 2 amide bonds. The van der Waals surface area contributed by atoms with Crippen LogP contribution in [-0.2, 0) is 9.53 Å². The van der Waals surface area contributed by atoms with E-state index in [0.717, 1.165) is 0 Å². The van der Waals surface area contributed by atoms with Crippen LogP contribution >= 0.6 is 11.3 Å². The standard InChI is InChI=1S/C8H12N4O3S/c9-6(13)3-15-2-1-11-7(14)5-4-16-8(10)12-5/h4H,1-3H2,(H2,9,13)(H2,10,12)(H,11,14). The molecule has 1 aromatic heterocycles. The summed E-state index contributed by atoms with van der Waals surface area (Å²) >= 11 is 1.19. The third-order valence-corrected chi connectivity index (χ3v) is 2.20. The molecule has 0 aromatic carbocycles. The number of ether oxygens (including phenoxy) is 1. The molecule has 1 aromatic rings. The van der Waals surface area contributed by atoms with Gasteiger partial charge >= 0.3 is 0 Å². The van der Waals surface area contributed by atoms with Gasteiger partial charge < -0.3 is 21.5 Å². The third-order valence-electron chi connectivity index (χ3n) is 1.53. The molecule has 0 unspecified atom stereocenters. The fourth-order valence-corrected chi connectivity index (χ4v) is 1.44. The first-order valence-corrected chi connectivity index (χ1v) is 5.33. The van der Waals surface area contributed by atoms with Crippen LogP contribution in [0.4, 0.5) is 5.13 Å². The van der Waals surface area contributed by atoms with Gasteiger partial charge in [0.2, 0.25) is 5.91 Å². The number of rotatable bonds is 6. The van der Waals surface area contributed by atoms with Crippen molar-refractivity contribution < 1.29 is 14.3 Å². The summed E-state index contributed by atoms with van der Waals surface area (Å²) in [5.41, 5.74) is 10.5. The Morgan fingerprint density at radius 3 is 2.88 bits per heavy atom. The van der Waals surface area contributed by atoms with Crippen molar-refractivity contribution in [1.82, 2.24) is 10.3 Å². The number of anilines is 1. The van der Waals surface area contributed by atoms with Crippen molar-refractivity contribution in [1.29, 1.82) is 0 Å². The average molecular weight is 244 g/mol. The zero-order valence-electron chi connectivity index (χ0n) is 8.43. The van der Waals surface area contributed by atoms with Crippen molar-refractivity contribution in [3.63, 3.8) is 0 Å². The molecule has 0 atom stereocenters. The summed E-state index contributed by atoms with van der Waals surface area (Å²) in [6, 6.07) is 0. The number of amides is 2. The van der Waals surface area contributed by atoms with Gasteiger partial charge in [0.1, 0.15) is 12.3 Å². The predicted molar refractivity (Wildman–Crippen MR) is 58.9 cm³/mol. The van der Waals surface area contributed by atoms with Crippen LogP contribution in [0.2, 0.25) is 0 Å². The van der Waals surface area contributed by atoms with E-state index in [1.54, 1.807) is 5.38 Å². The minimum absolute atomic E-state index is 0.153. The Hall–Kier alpha value is -1.67. The quantitative estimate of drug-likeness (QED) is 0.552. The molecule has 0 aliphatic heterocycles. The first-order chi connectivity index (χ1) is 7.59. The van der Waals surface area contributed by atoms with E-state index < -0.39 is 5.91 Å². The van der Waals surface area contributed by atoms with Crippen LogP contribution in [0, 0.1) is 0 Å². The molecule has 0 aliphatic rings. The van der Waals surface area contributed by atoms with Gasteiger partial charge in [0, 0.05) is 11.9 Å². The lowest BCUT2D eigenvalue weighted by atomic mass is 10.4. The highest BCUT2D eigenvalue weighted by Gasteiger charge is 2.08. The number of nitrogens with two attached hydrogens (primary N) is 2. The van der Waals surface area contributed by atoms with Crippen molar-refractivity contribution in [2.24, 2.45) is 5.73 Å². The predicted octanol–water partition coefficient (Wildman–Crippen LogP) is -1.04. The lowest BCUT2D eigenvalue weighted by Crippen LogP contribution is -2.29. The van der Waals surface area contributed by atoms with Gasteiger partial charge in [-0.05, 0) is 0 Å². The molecule has 0 fully saturated rings. The number of primary amides is 1.